The summed E-state index contributed by atoms with van der Waals surface area (Å²) >= 11 is 7.83. The van der Waals surface area contributed by atoms with Crippen molar-refractivity contribution in [1.82, 2.24) is 0 Å². The topological polar surface area (TPSA) is 53.3 Å². The van der Waals surface area contributed by atoms with Gasteiger partial charge in [0.15, 0.2) is 0 Å². The maximum absolute atomic E-state index is 13.2. The minimum atomic E-state index is -0.199. The Morgan fingerprint density at radius 3 is 2.62 bits per heavy atom. The van der Waals surface area contributed by atoms with Crippen molar-refractivity contribution < 1.29 is 9.53 Å². The molecule has 132 valence electrons. The third kappa shape index (κ3) is 3.67. The van der Waals surface area contributed by atoms with Crippen molar-refractivity contribution >= 4 is 44.6 Å². The summed E-state index contributed by atoms with van der Waals surface area (Å²) in [4.78, 5) is 15.2. The first-order chi connectivity index (χ1) is 12.7. The second-order valence-electron chi connectivity index (χ2n) is 5.53. The first-order valence-electron chi connectivity index (χ1n) is 8.24. The van der Waals surface area contributed by atoms with E-state index in [1.165, 1.54) is 11.3 Å². The predicted molar refractivity (Wildman–Crippen MR) is 106 cm³/mol. The van der Waals surface area contributed by atoms with Crippen molar-refractivity contribution in [2.45, 2.75) is 13.3 Å². The molecule has 3 rings (SSSR count). The molecule has 3 aromatic rings. The molecule has 1 heterocycles. The van der Waals surface area contributed by atoms with E-state index >= 15 is 0 Å². The average Bonchev–Trinajstić information content (AvgIpc) is 3.00. The summed E-state index contributed by atoms with van der Waals surface area (Å²) in [7, 11) is 0. The Hall–Kier alpha value is -2.55. The minimum Gasteiger partial charge on any atom is -0.494 e. The molecule has 0 N–H and O–H groups in total. The van der Waals surface area contributed by atoms with E-state index in [1.807, 2.05) is 55.5 Å². The van der Waals surface area contributed by atoms with Gasteiger partial charge in [0.05, 0.1) is 24.1 Å². The molecule has 0 spiro atoms. The second kappa shape index (κ2) is 8.22. The number of thiophene rings is 1. The molecule has 0 aliphatic carbocycles. The lowest BCUT2D eigenvalue weighted by atomic mass is 10.2. The number of carbonyl (C=O) groups excluding carboxylic acids is 1. The number of nitriles is 1. The number of benzene rings is 2. The molecule has 0 unspecified atom stereocenters. The van der Waals surface area contributed by atoms with Crippen LogP contribution in [0.2, 0.25) is 5.02 Å². The highest BCUT2D eigenvalue weighted by atomic mass is 35.5. The van der Waals surface area contributed by atoms with E-state index < -0.39 is 0 Å². The van der Waals surface area contributed by atoms with Gasteiger partial charge in [0.25, 0.3) is 5.91 Å². The first-order valence-corrected chi connectivity index (χ1v) is 9.44. The Morgan fingerprint density at radius 2 is 1.96 bits per heavy atom. The van der Waals surface area contributed by atoms with Crippen LogP contribution in [0.5, 0.6) is 5.75 Å². The molecule has 0 aliphatic rings. The Morgan fingerprint density at radius 1 is 1.23 bits per heavy atom. The molecule has 0 bridgehead atoms. The number of nitrogens with zero attached hydrogens (tertiary/aromatic N) is 2. The van der Waals surface area contributed by atoms with Gasteiger partial charge in [-0.25, -0.2) is 0 Å². The van der Waals surface area contributed by atoms with Crippen LogP contribution < -0.4 is 9.64 Å². The zero-order chi connectivity index (χ0) is 18.5. The van der Waals surface area contributed by atoms with Gasteiger partial charge in [0, 0.05) is 22.3 Å². The Balaban J connectivity index is 1.97. The van der Waals surface area contributed by atoms with Crippen LogP contribution in [0.4, 0.5) is 5.69 Å². The average molecular weight is 385 g/mol. The van der Waals surface area contributed by atoms with Crippen molar-refractivity contribution in [1.29, 1.82) is 5.26 Å². The van der Waals surface area contributed by atoms with Gasteiger partial charge in [-0.05, 0) is 37.3 Å². The lowest BCUT2D eigenvalue weighted by Crippen LogP contribution is -2.31. The predicted octanol–water partition coefficient (Wildman–Crippen LogP) is 5.51. The molecule has 0 radical (unpaired) electrons. The van der Waals surface area contributed by atoms with E-state index in [9.17, 15) is 4.79 Å². The maximum atomic E-state index is 13.2. The first kappa shape index (κ1) is 18.2. The highest BCUT2D eigenvalue weighted by Gasteiger charge is 2.23. The number of hydrogen-bond acceptors (Lipinski definition) is 4. The minimum absolute atomic E-state index is 0.199. The number of hydrogen-bond donors (Lipinski definition) is 0. The number of anilines is 1. The summed E-state index contributed by atoms with van der Waals surface area (Å²) in [5, 5.41) is 10.3. The van der Waals surface area contributed by atoms with Crippen LogP contribution in [0.25, 0.3) is 10.1 Å². The molecule has 6 heteroatoms. The lowest BCUT2D eigenvalue weighted by Gasteiger charge is -2.21. The van der Waals surface area contributed by atoms with E-state index in [1.54, 1.807) is 4.90 Å². The summed E-state index contributed by atoms with van der Waals surface area (Å²) in [5.74, 6) is 0.541. The molecular weight excluding hydrogens is 368 g/mol. The second-order valence-corrected chi connectivity index (χ2v) is 6.96. The van der Waals surface area contributed by atoms with Crippen LogP contribution in [0.1, 0.15) is 23.0 Å². The fourth-order valence-corrected chi connectivity index (χ4v) is 4.13. The maximum Gasteiger partial charge on any atom is 0.269 e. The molecule has 0 atom stereocenters. The zero-order valence-corrected chi connectivity index (χ0v) is 15.8. The van der Waals surface area contributed by atoms with Crippen molar-refractivity contribution in [2.75, 3.05) is 18.1 Å². The van der Waals surface area contributed by atoms with Gasteiger partial charge < -0.3 is 9.64 Å². The van der Waals surface area contributed by atoms with Crippen LogP contribution in [0.15, 0.2) is 48.5 Å². The largest absolute Gasteiger partial charge is 0.494 e. The molecule has 0 aliphatic heterocycles. The van der Waals surface area contributed by atoms with Crippen LogP contribution >= 0.6 is 22.9 Å². The van der Waals surface area contributed by atoms with Gasteiger partial charge in [-0.15, -0.1) is 11.3 Å². The fraction of sp³-hybridized carbons (Fsp3) is 0.200. The van der Waals surface area contributed by atoms with Gasteiger partial charge in [-0.2, -0.15) is 5.26 Å². The van der Waals surface area contributed by atoms with E-state index in [2.05, 4.69) is 6.07 Å². The van der Waals surface area contributed by atoms with Crippen LogP contribution in [0.3, 0.4) is 0 Å². The molecule has 0 saturated carbocycles. The van der Waals surface area contributed by atoms with E-state index in [4.69, 9.17) is 21.6 Å². The van der Waals surface area contributed by atoms with Gasteiger partial charge >= 0.3 is 0 Å². The fourth-order valence-electron chi connectivity index (χ4n) is 2.67. The summed E-state index contributed by atoms with van der Waals surface area (Å²) in [6.07, 6.45) is 0.238. The molecule has 1 aromatic heterocycles. The molecule has 1 amide bonds. The number of halogens is 1. The van der Waals surface area contributed by atoms with E-state index in [-0.39, 0.29) is 12.3 Å². The third-order valence-corrected chi connectivity index (χ3v) is 5.54. The van der Waals surface area contributed by atoms with E-state index in [0.29, 0.717) is 28.7 Å². The monoisotopic (exact) mass is 384 g/mol. The molecule has 0 fully saturated rings. The smallest absolute Gasteiger partial charge is 0.269 e. The lowest BCUT2D eigenvalue weighted by molar-refractivity contribution is 0.0991. The number of carbonyl (C=O) groups is 1. The van der Waals surface area contributed by atoms with E-state index in [0.717, 1.165) is 15.8 Å². The van der Waals surface area contributed by atoms with Crippen LogP contribution in [-0.4, -0.2) is 19.1 Å². The van der Waals surface area contributed by atoms with Gasteiger partial charge in [0.2, 0.25) is 0 Å². The number of rotatable bonds is 6. The van der Waals surface area contributed by atoms with Crippen molar-refractivity contribution in [2.24, 2.45) is 0 Å². The quantitative estimate of drug-likeness (QED) is 0.562. The Bertz CT molecular complexity index is 960. The van der Waals surface area contributed by atoms with Gasteiger partial charge in [-0.1, -0.05) is 29.8 Å². The Kier molecular flexibility index (Phi) is 5.77. The number of amides is 1. The van der Waals surface area contributed by atoms with Crippen molar-refractivity contribution in [3.05, 3.63) is 58.4 Å². The molecular formula is C20H17ClN2O2S. The highest BCUT2D eigenvalue weighted by Crippen LogP contribution is 2.36. The van der Waals surface area contributed by atoms with Crippen LogP contribution in [-0.2, 0) is 0 Å². The standard InChI is InChI=1S/C20H17ClN2O2S/c1-2-25-15-10-8-14(9-11-15)23(13-5-12-22)20(24)19-18(21)16-6-3-4-7-17(16)26-19/h3-4,6-11H,2,5,13H2,1H3. The summed E-state index contributed by atoms with van der Waals surface area (Å²) in [6.45, 7) is 2.79. The van der Waals surface area contributed by atoms with Crippen molar-refractivity contribution in [3.8, 4) is 11.8 Å². The Labute approximate surface area is 161 Å². The highest BCUT2D eigenvalue weighted by molar-refractivity contribution is 7.21. The molecule has 26 heavy (non-hydrogen) atoms. The zero-order valence-electron chi connectivity index (χ0n) is 14.2. The third-order valence-electron chi connectivity index (χ3n) is 3.88. The molecule has 4 nitrogen and oxygen atoms in total. The number of ether oxygens (including phenoxy) is 1. The summed E-state index contributed by atoms with van der Waals surface area (Å²) < 4.78 is 6.42. The van der Waals surface area contributed by atoms with Gasteiger partial charge in [0.1, 0.15) is 10.6 Å². The summed E-state index contributed by atoms with van der Waals surface area (Å²) in [6, 6.07) is 17.0. The van der Waals surface area contributed by atoms with Crippen LogP contribution in [0, 0.1) is 11.3 Å². The number of fused-ring (bicyclic) bond motifs is 1. The molecule has 2 aromatic carbocycles. The summed E-state index contributed by atoms with van der Waals surface area (Å²) in [5.41, 5.74) is 0.710. The van der Waals surface area contributed by atoms with Crippen molar-refractivity contribution in [3.63, 3.8) is 0 Å². The normalized spacial score (nSPS) is 10.5. The van der Waals surface area contributed by atoms with Gasteiger partial charge in [-0.3, -0.25) is 4.79 Å². The molecule has 0 saturated heterocycles. The SMILES string of the molecule is CCOc1ccc(N(CCC#N)C(=O)c2sc3ccccc3c2Cl)cc1.